The van der Waals surface area contributed by atoms with Crippen LogP contribution in [0, 0.1) is 0 Å². The Hall–Kier alpha value is -0.520. The van der Waals surface area contributed by atoms with Gasteiger partial charge in [-0.1, -0.05) is 11.6 Å². The van der Waals surface area contributed by atoms with Gasteiger partial charge >= 0.3 is 5.97 Å². The van der Waals surface area contributed by atoms with Crippen molar-refractivity contribution in [1.82, 2.24) is 9.71 Å². The van der Waals surface area contributed by atoms with Gasteiger partial charge in [0.25, 0.3) is 10.0 Å². The first-order valence-corrected chi connectivity index (χ1v) is 9.71. The topological polar surface area (TPSA) is 96.4 Å². The van der Waals surface area contributed by atoms with Gasteiger partial charge in [0, 0.05) is 5.38 Å². The first-order valence-electron chi connectivity index (χ1n) is 5.36. The van der Waals surface area contributed by atoms with Crippen molar-refractivity contribution in [3.05, 3.63) is 31.0 Å². The van der Waals surface area contributed by atoms with E-state index in [1.807, 2.05) is 0 Å². The number of nitrogens with zero attached hydrogens (tertiary/aromatic N) is 1. The lowest BCUT2D eigenvalue weighted by molar-refractivity contribution is 0.0691. The van der Waals surface area contributed by atoms with Crippen LogP contribution in [0.4, 0.5) is 0 Å². The van der Waals surface area contributed by atoms with Gasteiger partial charge in [-0.3, -0.25) is 0 Å². The predicted octanol–water partition coefficient (Wildman–Crippen LogP) is 3.36. The van der Waals surface area contributed by atoms with Crippen LogP contribution in [-0.2, 0) is 10.0 Å². The summed E-state index contributed by atoms with van der Waals surface area (Å²) in [6.45, 7) is 1.59. The highest BCUT2D eigenvalue weighted by atomic mass is 79.9. The Bertz CT molecular complexity index is 767. The Labute approximate surface area is 142 Å². The molecule has 2 rings (SSSR count). The van der Waals surface area contributed by atoms with Crippen molar-refractivity contribution >= 4 is 66.2 Å². The van der Waals surface area contributed by atoms with E-state index in [1.165, 1.54) is 11.4 Å². The van der Waals surface area contributed by atoms with Crippen LogP contribution in [0.3, 0.4) is 0 Å². The molecule has 0 aromatic carbocycles. The summed E-state index contributed by atoms with van der Waals surface area (Å²) >= 11 is 11.1. The molecule has 0 spiro atoms. The SMILES string of the molecule is CC(NS(=O)(=O)c1cc(Cl)c(Br)s1)c1nc(C(=O)O)cs1. The summed E-state index contributed by atoms with van der Waals surface area (Å²) in [6.07, 6.45) is 0. The van der Waals surface area contributed by atoms with Crippen LogP contribution in [0.15, 0.2) is 19.4 Å². The number of carboxylic acid groups (broad SMARTS) is 1. The first kappa shape index (κ1) is 16.8. The largest absolute Gasteiger partial charge is 0.476 e. The number of carbonyl (C=O) groups is 1. The number of aromatic nitrogens is 1. The number of hydrogen-bond acceptors (Lipinski definition) is 6. The van der Waals surface area contributed by atoms with Crippen LogP contribution in [-0.4, -0.2) is 24.5 Å². The highest BCUT2D eigenvalue weighted by molar-refractivity contribution is 9.11. The summed E-state index contributed by atoms with van der Waals surface area (Å²) < 4.78 is 27.4. The molecular formula is C10H8BrClN2O4S3. The molecule has 0 fully saturated rings. The van der Waals surface area contributed by atoms with Crippen molar-refractivity contribution in [3.8, 4) is 0 Å². The van der Waals surface area contributed by atoms with E-state index in [4.69, 9.17) is 16.7 Å². The fraction of sp³-hybridized carbons (Fsp3) is 0.200. The second-order valence-corrected chi connectivity index (χ2v) is 9.51. The Balaban J connectivity index is 2.21. The van der Waals surface area contributed by atoms with E-state index >= 15 is 0 Å². The molecule has 0 bridgehead atoms. The van der Waals surface area contributed by atoms with E-state index in [0.717, 1.165) is 22.7 Å². The lowest BCUT2D eigenvalue weighted by atomic mass is 10.4. The fourth-order valence-corrected chi connectivity index (χ4v) is 5.88. The molecule has 114 valence electrons. The standard InChI is InChI=1S/C10H8BrClN2O4S3/c1-4(9-13-6(3-19-9)10(15)16)14-21(17,18)7-2-5(12)8(11)20-7/h2-4,14H,1H3,(H,15,16). The van der Waals surface area contributed by atoms with Gasteiger partial charge in [0.05, 0.1) is 14.9 Å². The molecule has 1 unspecified atom stereocenters. The van der Waals surface area contributed by atoms with Gasteiger partial charge < -0.3 is 5.11 Å². The molecule has 21 heavy (non-hydrogen) atoms. The molecule has 1 atom stereocenters. The smallest absolute Gasteiger partial charge is 0.355 e. The Kier molecular flexibility index (Phi) is 5.06. The lowest BCUT2D eigenvalue weighted by Gasteiger charge is -2.10. The number of sulfonamides is 1. The van der Waals surface area contributed by atoms with E-state index in [2.05, 4.69) is 25.6 Å². The molecule has 0 saturated heterocycles. The Morgan fingerprint density at radius 3 is 2.71 bits per heavy atom. The van der Waals surface area contributed by atoms with Crippen LogP contribution in [0.25, 0.3) is 0 Å². The first-order chi connectivity index (χ1) is 9.70. The van der Waals surface area contributed by atoms with Crippen molar-refractivity contribution in [2.45, 2.75) is 17.2 Å². The van der Waals surface area contributed by atoms with E-state index in [1.54, 1.807) is 6.92 Å². The van der Waals surface area contributed by atoms with E-state index in [-0.39, 0.29) is 9.90 Å². The van der Waals surface area contributed by atoms with Crippen molar-refractivity contribution in [1.29, 1.82) is 0 Å². The second-order valence-electron chi connectivity index (χ2n) is 3.91. The molecule has 6 nitrogen and oxygen atoms in total. The molecule has 2 aromatic heterocycles. The predicted molar refractivity (Wildman–Crippen MR) is 84.8 cm³/mol. The van der Waals surface area contributed by atoms with Crippen molar-refractivity contribution in [2.24, 2.45) is 0 Å². The Morgan fingerprint density at radius 1 is 1.57 bits per heavy atom. The van der Waals surface area contributed by atoms with Gasteiger partial charge in [-0.05, 0) is 28.9 Å². The number of halogens is 2. The third-order valence-corrected chi connectivity index (χ3v) is 7.85. The second kappa shape index (κ2) is 6.31. The van der Waals surface area contributed by atoms with Crippen LogP contribution in [0.2, 0.25) is 5.02 Å². The fourth-order valence-electron chi connectivity index (χ4n) is 1.39. The summed E-state index contributed by atoms with van der Waals surface area (Å²) in [4.78, 5) is 14.6. The van der Waals surface area contributed by atoms with Gasteiger partial charge in [-0.2, -0.15) is 0 Å². The normalized spacial score (nSPS) is 13.3. The molecule has 0 radical (unpaired) electrons. The monoisotopic (exact) mass is 430 g/mol. The minimum Gasteiger partial charge on any atom is -0.476 e. The van der Waals surface area contributed by atoms with Crippen molar-refractivity contribution in [2.75, 3.05) is 0 Å². The molecule has 2 aromatic rings. The van der Waals surface area contributed by atoms with Crippen LogP contribution < -0.4 is 4.72 Å². The lowest BCUT2D eigenvalue weighted by Crippen LogP contribution is -2.26. The number of rotatable bonds is 5. The molecule has 2 heterocycles. The summed E-state index contributed by atoms with van der Waals surface area (Å²) in [7, 11) is -3.75. The van der Waals surface area contributed by atoms with Gasteiger partial charge in [0.15, 0.2) is 5.69 Å². The molecule has 2 N–H and O–H groups in total. The number of carboxylic acids is 1. The van der Waals surface area contributed by atoms with Crippen LogP contribution in [0.5, 0.6) is 0 Å². The van der Waals surface area contributed by atoms with Gasteiger partial charge in [0.2, 0.25) is 0 Å². The minimum absolute atomic E-state index is 0.0706. The zero-order valence-electron chi connectivity index (χ0n) is 10.3. The number of aromatic carboxylic acids is 1. The molecule has 11 heteroatoms. The van der Waals surface area contributed by atoms with Crippen molar-refractivity contribution in [3.63, 3.8) is 0 Å². The van der Waals surface area contributed by atoms with E-state index in [0.29, 0.717) is 13.8 Å². The molecular weight excluding hydrogens is 424 g/mol. The maximum atomic E-state index is 12.2. The number of hydrogen-bond donors (Lipinski definition) is 2. The third-order valence-electron chi connectivity index (χ3n) is 2.33. The maximum Gasteiger partial charge on any atom is 0.355 e. The number of thiazole rings is 1. The summed E-state index contributed by atoms with van der Waals surface area (Å²) in [6, 6.07) is 0.698. The average Bonchev–Trinajstić information content (AvgIpc) is 2.97. The molecule has 0 aliphatic carbocycles. The zero-order valence-corrected chi connectivity index (χ0v) is 15.1. The third kappa shape index (κ3) is 3.82. The summed E-state index contributed by atoms with van der Waals surface area (Å²) in [5, 5.41) is 10.9. The van der Waals surface area contributed by atoms with Crippen LogP contribution in [0.1, 0.15) is 28.5 Å². The average molecular weight is 432 g/mol. The number of thiophene rings is 1. The highest BCUT2D eigenvalue weighted by Gasteiger charge is 2.24. The zero-order chi connectivity index (χ0) is 15.8. The summed E-state index contributed by atoms with van der Waals surface area (Å²) in [5.74, 6) is -1.15. The quantitative estimate of drug-likeness (QED) is 0.756. The molecule has 0 aliphatic rings. The molecule has 0 aliphatic heterocycles. The molecule has 0 saturated carbocycles. The van der Waals surface area contributed by atoms with Gasteiger partial charge in [-0.15, -0.1) is 22.7 Å². The maximum absolute atomic E-state index is 12.2. The minimum atomic E-state index is -3.75. The Morgan fingerprint density at radius 2 is 2.24 bits per heavy atom. The number of nitrogens with one attached hydrogen (secondary N) is 1. The highest BCUT2D eigenvalue weighted by Crippen LogP contribution is 2.35. The van der Waals surface area contributed by atoms with Gasteiger partial charge in [0.1, 0.15) is 9.22 Å². The molecule has 0 amide bonds. The van der Waals surface area contributed by atoms with Crippen LogP contribution >= 0.6 is 50.2 Å². The van der Waals surface area contributed by atoms with E-state index in [9.17, 15) is 13.2 Å². The van der Waals surface area contributed by atoms with Gasteiger partial charge in [-0.25, -0.2) is 22.9 Å². The summed E-state index contributed by atoms with van der Waals surface area (Å²) in [5.41, 5.74) is -0.108. The van der Waals surface area contributed by atoms with Crippen molar-refractivity contribution < 1.29 is 18.3 Å². The van der Waals surface area contributed by atoms with E-state index < -0.39 is 22.0 Å².